The molecule has 1 atom stereocenters. The number of nitrogens with zero attached hydrogens (tertiary/aromatic N) is 2. The van der Waals surface area contributed by atoms with Gasteiger partial charge in [-0.05, 0) is 51.0 Å². The van der Waals surface area contributed by atoms with Gasteiger partial charge >= 0.3 is 0 Å². The van der Waals surface area contributed by atoms with Gasteiger partial charge in [0.2, 0.25) is 11.8 Å². The second kappa shape index (κ2) is 11.6. The fourth-order valence-electron chi connectivity index (χ4n) is 4.69. The Balaban J connectivity index is 1.65. The van der Waals surface area contributed by atoms with E-state index in [0.29, 0.717) is 0 Å². The van der Waals surface area contributed by atoms with Crippen LogP contribution in [0, 0.1) is 6.92 Å². The SMILES string of the molecule is Cc1ccc(CN(C(=O)CCN2C(=O)c3ccccc3S2(=O)=O)[C@H](Cc2ccccc2)C(=O)NC(C)(C)C)cc1. The topological polar surface area (TPSA) is 104 Å². The van der Waals surface area contributed by atoms with Gasteiger partial charge in [0.05, 0.1) is 5.56 Å². The van der Waals surface area contributed by atoms with Crippen molar-refractivity contribution in [2.45, 2.75) is 63.6 Å². The fourth-order valence-corrected chi connectivity index (χ4v) is 6.26. The molecule has 0 fully saturated rings. The van der Waals surface area contributed by atoms with Crippen molar-refractivity contribution in [2.24, 2.45) is 0 Å². The lowest BCUT2D eigenvalue weighted by molar-refractivity contribution is -0.142. The van der Waals surface area contributed by atoms with E-state index in [0.717, 1.165) is 21.0 Å². The Morgan fingerprint density at radius 2 is 1.52 bits per heavy atom. The van der Waals surface area contributed by atoms with Crippen molar-refractivity contribution in [3.8, 4) is 0 Å². The van der Waals surface area contributed by atoms with Crippen LogP contribution in [0.15, 0.2) is 83.8 Å². The highest BCUT2D eigenvalue weighted by molar-refractivity contribution is 7.90. The first-order valence-electron chi connectivity index (χ1n) is 13.2. The third kappa shape index (κ3) is 6.59. The van der Waals surface area contributed by atoms with Gasteiger partial charge in [0, 0.05) is 31.5 Å². The lowest BCUT2D eigenvalue weighted by Crippen LogP contribution is -2.54. The number of hydrogen-bond donors (Lipinski definition) is 1. The number of rotatable bonds is 9. The predicted molar refractivity (Wildman–Crippen MR) is 153 cm³/mol. The molecule has 210 valence electrons. The van der Waals surface area contributed by atoms with E-state index >= 15 is 0 Å². The summed E-state index contributed by atoms with van der Waals surface area (Å²) in [5, 5.41) is 3.01. The Morgan fingerprint density at radius 3 is 2.15 bits per heavy atom. The zero-order valence-corrected chi connectivity index (χ0v) is 24.1. The van der Waals surface area contributed by atoms with Crippen molar-refractivity contribution in [3.05, 3.63) is 101 Å². The molecular weight excluding hydrogens is 526 g/mol. The first-order valence-corrected chi connectivity index (χ1v) is 14.7. The second-order valence-corrected chi connectivity index (χ2v) is 12.9. The number of fused-ring (bicyclic) bond motifs is 1. The second-order valence-electron chi connectivity index (χ2n) is 11.1. The summed E-state index contributed by atoms with van der Waals surface area (Å²) in [6, 6.07) is 22.3. The molecule has 0 aromatic heterocycles. The van der Waals surface area contributed by atoms with Crippen LogP contribution in [0.4, 0.5) is 0 Å². The summed E-state index contributed by atoms with van der Waals surface area (Å²) in [6.45, 7) is 7.41. The van der Waals surface area contributed by atoms with E-state index in [1.807, 2.05) is 82.3 Å². The highest BCUT2D eigenvalue weighted by Crippen LogP contribution is 2.30. The van der Waals surface area contributed by atoms with E-state index < -0.39 is 33.4 Å². The molecule has 0 unspecified atom stereocenters. The molecule has 0 aliphatic carbocycles. The van der Waals surface area contributed by atoms with Crippen molar-refractivity contribution < 1.29 is 22.8 Å². The van der Waals surface area contributed by atoms with Gasteiger partial charge in [-0.1, -0.05) is 72.3 Å². The van der Waals surface area contributed by atoms with Crippen molar-refractivity contribution in [1.29, 1.82) is 0 Å². The zero-order valence-electron chi connectivity index (χ0n) is 23.3. The number of amides is 3. The van der Waals surface area contributed by atoms with Crippen LogP contribution in [0.1, 0.15) is 54.2 Å². The number of benzene rings is 3. The van der Waals surface area contributed by atoms with Gasteiger partial charge in [0.1, 0.15) is 10.9 Å². The van der Waals surface area contributed by atoms with Crippen LogP contribution in [-0.2, 0) is 32.6 Å². The smallest absolute Gasteiger partial charge is 0.269 e. The zero-order chi connectivity index (χ0) is 29.1. The van der Waals surface area contributed by atoms with Gasteiger partial charge in [-0.2, -0.15) is 0 Å². The molecule has 3 aromatic rings. The van der Waals surface area contributed by atoms with Gasteiger partial charge in [-0.15, -0.1) is 0 Å². The van der Waals surface area contributed by atoms with E-state index in [4.69, 9.17) is 0 Å². The molecule has 1 aliphatic heterocycles. The van der Waals surface area contributed by atoms with Crippen LogP contribution in [0.5, 0.6) is 0 Å². The summed E-state index contributed by atoms with van der Waals surface area (Å²) >= 11 is 0. The lowest BCUT2D eigenvalue weighted by atomic mass is 10.00. The molecule has 1 N–H and O–H groups in total. The molecule has 0 spiro atoms. The maximum absolute atomic E-state index is 13.9. The van der Waals surface area contributed by atoms with E-state index in [9.17, 15) is 22.8 Å². The van der Waals surface area contributed by atoms with Crippen LogP contribution in [0.25, 0.3) is 0 Å². The number of carbonyl (C=O) groups excluding carboxylic acids is 3. The summed E-state index contributed by atoms with van der Waals surface area (Å²) < 4.78 is 26.9. The predicted octanol–water partition coefficient (Wildman–Crippen LogP) is 4.08. The molecule has 0 saturated heterocycles. The fraction of sp³-hybridized carbons (Fsp3) is 0.323. The van der Waals surface area contributed by atoms with Crippen molar-refractivity contribution in [3.63, 3.8) is 0 Å². The van der Waals surface area contributed by atoms with E-state index in [-0.39, 0.29) is 42.3 Å². The summed E-state index contributed by atoms with van der Waals surface area (Å²) in [5.41, 5.74) is 2.33. The van der Waals surface area contributed by atoms with Crippen molar-refractivity contribution in [2.75, 3.05) is 6.54 Å². The van der Waals surface area contributed by atoms with Crippen LogP contribution in [0.2, 0.25) is 0 Å². The lowest BCUT2D eigenvalue weighted by Gasteiger charge is -2.34. The molecular formula is C31H35N3O5S. The molecule has 3 amide bonds. The van der Waals surface area contributed by atoms with Crippen LogP contribution >= 0.6 is 0 Å². The average Bonchev–Trinajstić information content (AvgIpc) is 3.10. The Labute approximate surface area is 236 Å². The summed E-state index contributed by atoms with van der Waals surface area (Å²) in [4.78, 5) is 41.9. The molecule has 0 saturated carbocycles. The minimum atomic E-state index is -4.06. The standard InChI is InChI=1S/C31H35N3O5S/c1-22-14-16-24(17-15-22)21-33(26(29(36)32-31(2,3)4)20-23-10-6-5-7-11-23)28(35)18-19-34-30(37)25-12-8-9-13-27(25)40(34,38)39/h5-17,26H,18-21H2,1-4H3,(H,32,36)/t26-/m1/s1. The summed E-state index contributed by atoms with van der Waals surface area (Å²) in [5.74, 6) is -1.39. The normalized spacial score (nSPS) is 14.9. The highest BCUT2D eigenvalue weighted by Gasteiger charge is 2.41. The molecule has 40 heavy (non-hydrogen) atoms. The number of aryl methyl sites for hydroxylation is 1. The monoisotopic (exact) mass is 561 g/mol. The van der Waals surface area contributed by atoms with Gasteiger partial charge in [0.25, 0.3) is 15.9 Å². The maximum Gasteiger partial charge on any atom is 0.269 e. The van der Waals surface area contributed by atoms with E-state index in [1.54, 1.807) is 12.1 Å². The Hall–Kier alpha value is -3.98. The van der Waals surface area contributed by atoms with E-state index in [2.05, 4.69) is 5.32 Å². The molecule has 9 heteroatoms. The van der Waals surface area contributed by atoms with Crippen molar-refractivity contribution in [1.82, 2.24) is 14.5 Å². The number of hydrogen-bond acceptors (Lipinski definition) is 5. The van der Waals surface area contributed by atoms with Crippen LogP contribution in [0.3, 0.4) is 0 Å². The summed E-state index contributed by atoms with van der Waals surface area (Å²) in [7, 11) is -4.06. The Kier molecular flexibility index (Phi) is 8.44. The van der Waals surface area contributed by atoms with Gasteiger partial charge in [0.15, 0.2) is 0 Å². The van der Waals surface area contributed by atoms with E-state index in [1.165, 1.54) is 17.0 Å². The number of nitrogens with one attached hydrogen (secondary N) is 1. The Morgan fingerprint density at radius 1 is 0.900 bits per heavy atom. The molecule has 3 aromatic carbocycles. The largest absolute Gasteiger partial charge is 0.350 e. The van der Waals surface area contributed by atoms with Crippen LogP contribution in [-0.4, -0.2) is 53.5 Å². The highest BCUT2D eigenvalue weighted by atomic mass is 32.2. The van der Waals surface area contributed by atoms with Gasteiger partial charge in [-0.3, -0.25) is 14.4 Å². The quantitative estimate of drug-likeness (QED) is 0.424. The molecule has 0 bridgehead atoms. The summed E-state index contributed by atoms with van der Waals surface area (Å²) in [6.07, 6.45) is 0.00560. The minimum Gasteiger partial charge on any atom is -0.350 e. The average molecular weight is 562 g/mol. The van der Waals surface area contributed by atoms with Gasteiger partial charge in [-0.25, -0.2) is 12.7 Å². The first-order chi connectivity index (χ1) is 18.9. The molecule has 1 aliphatic rings. The van der Waals surface area contributed by atoms with Crippen molar-refractivity contribution >= 4 is 27.7 Å². The number of carbonyl (C=O) groups is 3. The third-order valence-corrected chi connectivity index (χ3v) is 8.52. The Bertz CT molecular complexity index is 1500. The molecule has 8 nitrogen and oxygen atoms in total. The maximum atomic E-state index is 13.9. The number of sulfonamides is 1. The molecule has 4 rings (SSSR count). The molecule has 1 heterocycles. The molecule has 0 radical (unpaired) electrons. The first kappa shape index (κ1) is 29.0. The van der Waals surface area contributed by atoms with Crippen LogP contribution < -0.4 is 5.32 Å². The van der Waals surface area contributed by atoms with Gasteiger partial charge < -0.3 is 10.2 Å². The third-order valence-electron chi connectivity index (χ3n) is 6.68. The minimum absolute atomic E-state index is 0.0598.